The maximum absolute atomic E-state index is 10.3. The molecule has 0 aliphatic heterocycles. The van der Waals surface area contributed by atoms with Gasteiger partial charge in [-0.3, -0.25) is 0 Å². The molecule has 0 saturated heterocycles. The van der Waals surface area contributed by atoms with Crippen LogP contribution in [0.2, 0.25) is 0 Å². The van der Waals surface area contributed by atoms with E-state index in [1.54, 1.807) is 0 Å². The second-order valence-electron chi connectivity index (χ2n) is 5.58. The molecule has 0 amide bonds. The van der Waals surface area contributed by atoms with Crippen LogP contribution in [0, 0.1) is 25.7 Å². The fraction of sp³-hybridized carbons (Fsp3) is 0.556. The summed E-state index contributed by atoms with van der Waals surface area (Å²) < 4.78 is 0. The van der Waals surface area contributed by atoms with Gasteiger partial charge in [-0.1, -0.05) is 50.2 Å². The van der Waals surface area contributed by atoms with Gasteiger partial charge in [0, 0.05) is 5.56 Å². The van der Waals surface area contributed by atoms with Crippen molar-refractivity contribution in [3.63, 3.8) is 0 Å². The van der Waals surface area contributed by atoms with Crippen molar-refractivity contribution in [2.75, 3.05) is 0 Å². The molecular formula is C18H26O. The zero-order chi connectivity index (χ0) is 14.3. The Kier molecular flexibility index (Phi) is 6.12. The molecule has 1 aromatic rings. The molecule has 0 aliphatic carbocycles. The molecule has 1 N–H and O–H groups in total. The van der Waals surface area contributed by atoms with Crippen LogP contribution in [0.4, 0.5) is 0 Å². The van der Waals surface area contributed by atoms with Crippen molar-refractivity contribution in [1.29, 1.82) is 0 Å². The van der Waals surface area contributed by atoms with Crippen LogP contribution in [0.15, 0.2) is 18.2 Å². The normalized spacial score (nSPS) is 13.5. The predicted octanol–water partition coefficient (Wildman–Crippen LogP) is 4.38. The van der Waals surface area contributed by atoms with Crippen molar-refractivity contribution >= 4 is 0 Å². The van der Waals surface area contributed by atoms with Gasteiger partial charge in [0.05, 0.1) is 0 Å². The van der Waals surface area contributed by atoms with E-state index in [-0.39, 0.29) is 0 Å². The Morgan fingerprint density at radius 2 is 1.89 bits per heavy atom. The fourth-order valence-corrected chi connectivity index (χ4v) is 2.05. The van der Waals surface area contributed by atoms with E-state index in [0.29, 0.717) is 0 Å². The van der Waals surface area contributed by atoms with Crippen molar-refractivity contribution in [1.82, 2.24) is 0 Å². The second-order valence-corrected chi connectivity index (χ2v) is 5.58. The molecule has 0 aromatic heterocycles. The number of hydrogen-bond acceptors (Lipinski definition) is 1. The van der Waals surface area contributed by atoms with Gasteiger partial charge in [-0.2, -0.15) is 0 Å². The van der Waals surface area contributed by atoms with Crippen molar-refractivity contribution < 1.29 is 5.11 Å². The number of aryl methyl sites for hydroxylation is 1. The summed E-state index contributed by atoms with van der Waals surface area (Å²) in [6.07, 6.45) is 5.43. The van der Waals surface area contributed by atoms with E-state index in [4.69, 9.17) is 0 Å². The van der Waals surface area contributed by atoms with Crippen LogP contribution in [-0.2, 0) is 0 Å². The molecule has 1 rings (SSSR count). The standard InChI is InChI=1S/C18H26O/c1-5-6-7-8-13-18(4,19)14-12-17-11-9-10-15(2)16(17)3/h9-11,19H,5-8,13H2,1-4H3. The molecule has 0 heterocycles. The summed E-state index contributed by atoms with van der Waals surface area (Å²) in [5.41, 5.74) is 2.60. The van der Waals surface area contributed by atoms with E-state index in [0.717, 1.165) is 18.4 Å². The summed E-state index contributed by atoms with van der Waals surface area (Å²) in [5.74, 6) is 6.16. The third-order valence-electron chi connectivity index (χ3n) is 3.59. The van der Waals surface area contributed by atoms with Crippen molar-refractivity contribution in [2.24, 2.45) is 0 Å². The highest BCUT2D eigenvalue weighted by molar-refractivity contribution is 5.45. The van der Waals surface area contributed by atoms with E-state index in [1.165, 1.54) is 30.4 Å². The SMILES string of the molecule is CCCCCCC(C)(O)C#Cc1cccc(C)c1C. The first-order chi connectivity index (χ1) is 8.96. The largest absolute Gasteiger partial charge is 0.378 e. The van der Waals surface area contributed by atoms with Crippen LogP contribution in [0.1, 0.15) is 62.6 Å². The molecule has 1 atom stereocenters. The van der Waals surface area contributed by atoms with E-state index in [1.807, 2.05) is 19.1 Å². The molecule has 0 fully saturated rings. The smallest absolute Gasteiger partial charge is 0.123 e. The highest BCUT2D eigenvalue weighted by Gasteiger charge is 2.15. The van der Waals surface area contributed by atoms with Crippen LogP contribution in [-0.4, -0.2) is 10.7 Å². The topological polar surface area (TPSA) is 20.2 Å². The molecule has 0 bridgehead atoms. The highest BCUT2D eigenvalue weighted by atomic mass is 16.3. The van der Waals surface area contributed by atoms with Crippen molar-refractivity contribution in [3.05, 3.63) is 34.9 Å². The average Bonchev–Trinajstić information content (AvgIpc) is 2.37. The first-order valence-electron chi connectivity index (χ1n) is 7.28. The van der Waals surface area contributed by atoms with E-state index in [2.05, 4.69) is 38.7 Å². The lowest BCUT2D eigenvalue weighted by molar-refractivity contribution is 0.109. The van der Waals surface area contributed by atoms with Crippen LogP contribution in [0.3, 0.4) is 0 Å². The lowest BCUT2D eigenvalue weighted by Gasteiger charge is -2.16. The molecule has 19 heavy (non-hydrogen) atoms. The van der Waals surface area contributed by atoms with Gasteiger partial charge in [0.15, 0.2) is 0 Å². The number of hydrogen-bond donors (Lipinski definition) is 1. The minimum Gasteiger partial charge on any atom is -0.378 e. The summed E-state index contributed by atoms with van der Waals surface area (Å²) in [6, 6.07) is 6.12. The monoisotopic (exact) mass is 258 g/mol. The number of aliphatic hydroxyl groups is 1. The Labute approximate surface area is 118 Å². The maximum Gasteiger partial charge on any atom is 0.123 e. The summed E-state index contributed by atoms with van der Waals surface area (Å²) in [5, 5.41) is 10.3. The summed E-state index contributed by atoms with van der Waals surface area (Å²) in [7, 11) is 0. The first-order valence-corrected chi connectivity index (χ1v) is 7.28. The Morgan fingerprint density at radius 3 is 2.58 bits per heavy atom. The molecule has 0 radical (unpaired) electrons. The molecule has 1 unspecified atom stereocenters. The van der Waals surface area contributed by atoms with Gasteiger partial charge in [-0.25, -0.2) is 0 Å². The maximum atomic E-state index is 10.3. The molecular weight excluding hydrogens is 232 g/mol. The van der Waals surface area contributed by atoms with Gasteiger partial charge in [0.2, 0.25) is 0 Å². The van der Waals surface area contributed by atoms with E-state index < -0.39 is 5.60 Å². The van der Waals surface area contributed by atoms with Crippen LogP contribution >= 0.6 is 0 Å². The Bertz CT molecular complexity index is 460. The first kappa shape index (κ1) is 15.8. The number of unbranched alkanes of at least 4 members (excludes halogenated alkanes) is 3. The summed E-state index contributed by atoms with van der Waals surface area (Å²) in [4.78, 5) is 0. The fourth-order valence-electron chi connectivity index (χ4n) is 2.05. The molecule has 0 saturated carbocycles. The van der Waals surface area contributed by atoms with Crippen LogP contribution in [0.25, 0.3) is 0 Å². The molecule has 0 spiro atoms. The Morgan fingerprint density at radius 1 is 1.16 bits per heavy atom. The van der Waals surface area contributed by atoms with Gasteiger partial charge in [0.25, 0.3) is 0 Å². The molecule has 0 aliphatic rings. The van der Waals surface area contributed by atoms with Crippen molar-refractivity contribution in [2.45, 2.75) is 65.4 Å². The van der Waals surface area contributed by atoms with E-state index in [9.17, 15) is 5.11 Å². The van der Waals surface area contributed by atoms with Gasteiger partial charge in [-0.05, 0) is 50.8 Å². The van der Waals surface area contributed by atoms with E-state index >= 15 is 0 Å². The molecule has 1 heteroatoms. The summed E-state index contributed by atoms with van der Waals surface area (Å²) >= 11 is 0. The van der Waals surface area contributed by atoms with Crippen molar-refractivity contribution in [3.8, 4) is 11.8 Å². The van der Waals surface area contributed by atoms with Gasteiger partial charge in [-0.15, -0.1) is 0 Å². The molecule has 1 aromatic carbocycles. The predicted molar refractivity (Wildman–Crippen MR) is 82.2 cm³/mol. The number of benzene rings is 1. The minimum absolute atomic E-state index is 0.755. The quantitative estimate of drug-likeness (QED) is 0.614. The highest BCUT2D eigenvalue weighted by Crippen LogP contribution is 2.16. The third kappa shape index (κ3) is 5.49. The molecule has 1 nitrogen and oxygen atoms in total. The zero-order valence-corrected chi connectivity index (χ0v) is 12.7. The van der Waals surface area contributed by atoms with Gasteiger partial charge in [0.1, 0.15) is 5.60 Å². The van der Waals surface area contributed by atoms with Gasteiger partial charge >= 0.3 is 0 Å². The lowest BCUT2D eigenvalue weighted by atomic mass is 9.97. The Balaban J connectivity index is 2.67. The van der Waals surface area contributed by atoms with Crippen LogP contribution in [0.5, 0.6) is 0 Å². The number of rotatable bonds is 5. The Hall–Kier alpha value is -1.26. The third-order valence-corrected chi connectivity index (χ3v) is 3.59. The zero-order valence-electron chi connectivity index (χ0n) is 12.7. The summed E-state index contributed by atoms with van der Waals surface area (Å²) in [6.45, 7) is 8.17. The van der Waals surface area contributed by atoms with Gasteiger partial charge < -0.3 is 5.11 Å². The minimum atomic E-state index is -0.871. The van der Waals surface area contributed by atoms with Crippen LogP contribution < -0.4 is 0 Å². The average molecular weight is 258 g/mol. The molecule has 104 valence electrons. The lowest BCUT2D eigenvalue weighted by Crippen LogP contribution is -2.21. The second kappa shape index (κ2) is 7.36.